The van der Waals surface area contributed by atoms with Gasteiger partial charge in [0.25, 0.3) is 5.91 Å². The molecule has 0 bridgehead atoms. The van der Waals surface area contributed by atoms with E-state index in [2.05, 4.69) is 5.32 Å². The second kappa shape index (κ2) is 9.82. The van der Waals surface area contributed by atoms with Crippen LogP contribution in [0.5, 0.6) is 0 Å². The first kappa shape index (κ1) is 23.1. The summed E-state index contributed by atoms with van der Waals surface area (Å²) < 4.78 is 45.0. The molecule has 33 heavy (non-hydrogen) atoms. The number of nitrogens with zero attached hydrogens (tertiary/aromatic N) is 1. The third-order valence-corrected chi connectivity index (χ3v) is 8.10. The molecule has 2 aromatic carbocycles. The number of esters is 1. The molecule has 1 aliphatic heterocycles. The van der Waals surface area contributed by atoms with Crippen molar-refractivity contribution in [1.29, 1.82) is 0 Å². The summed E-state index contributed by atoms with van der Waals surface area (Å²) in [7, 11) is -3.60. The zero-order valence-corrected chi connectivity index (χ0v) is 19.1. The van der Waals surface area contributed by atoms with Gasteiger partial charge in [0.05, 0.1) is 4.90 Å². The van der Waals surface area contributed by atoms with Gasteiger partial charge in [0.2, 0.25) is 10.0 Å². The highest BCUT2D eigenvalue weighted by Crippen LogP contribution is 2.29. The minimum atomic E-state index is -3.60. The fourth-order valence-corrected chi connectivity index (χ4v) is 5.90. The lowest BCUT2D eigenvalue weighted by molar-refractivity contribution is -0.119. The Kier molecular flexibility index (Phi) is 6.87. The fraction of sp³-hybridized carbons (Fsp3) is 0.217. The van der Waals surface area contributed by atoms with Crippen molar-refractivity contribution in [2.75, 3.05) is 25.0 Å². The van der Waals surface area contributed by atoms with Gasteiger partial charge in [0, 0.05) is 23.7 Å². The molecule has 2 heterocycles. The molecular formula is C23H21FN2O5S2. The van der Waals surface area contributed by atoms with Gasteiger partial charge in [-0.1, -0.05) is 18.2 Å². The maximum absolute atomic E-state index is 13.1. The largest absolute Gasteiger partial charge is 0.451 e. The Balaban J connectivity index is 1.34. The first-order chi connectivity index (χ1) is 15.8. The summed E-state index contributed by atoms with van der Waals surface area (Å²) in [5, 5.41) is 2.56. The quantitative estimate of drug-likeness (QED) is 0.505. The monoisotopic (exact) mass is 488 g/mol. The van der Waals surface area contributed by atoms with Gasteiger partial charge in [-0.05, 0) is 60.9 Å². The van der Waals surface area contributed by atoms with E-state index in [9.17, 15) is 22.4 Å². The van der Waals surface area contributed by atoms with E-state index in [-0.39, 0.29) is 10.7 Å². The van der Waals surface area contributed by atoms with E-state index in [0.717, 1.165) is 23.3 Å². The molecule has 0 aliphatic carbocycles. The van der Waals surface area contributed by atoms with Crippen molar-refractivity contribution in [3.05, 3.63) is 71.4 Å². The topological polar surface area (TPSA) is 92.8 Å². The van der Waals surface area contributed by atoms with Gasteiger partial charge >= 0.3 is 5.97 Å². The number of halogens is 1. The third-order valence-electron chi connectivity index (χ3n) is 5.09. The summed E-state index contributed by atoms with van der Waals surface area (Å²) in [5.74, 6) is -1.59. The van der Waals surface area contributed by atoms with Crippen molar-refractivity contribution < 1.29 is 27.1 Å². The Hall–Kier alpha value is -3.08. The van der Waals surface area contributed by atoms with Gasteiger partial charge in [-0.15, -0.1) is 11.3 Å². The second-order valence-corrected chi connectivity index (χ2v) is 10.5. The smallest absolute Gasteiger partial charge is 0.348 e. The van der Waals surface area contributed by atoms with Crippen LogP contribution in [0.1, 0.15) is 22.5 Å². The van der Waals surface area contributed by atoms with E-state index in [1.165, 1.54) is 39.9 Å². The van der Waals surface area contributed by atoms with Gasteiger partial charge in [-0.2, -0.15) is 4.31 Å². The van der Waals surface area contributed by atoms with E-state index in [1.807, 2.05) is 0 Å². The summed E-state index contributed by atoms with van der Waals surface area (Å²) in [6.45, 7) is 0.451. The number of carbonyl (C=O) groups excluding carboxylic acids is 2. The van der Waals surface area contributed by atoms with Crippen LogP contribution in [0.4, 0.5) is 10.1 Å². The molecule has 0 spiro atoms. The molecule has 0 unspecified atom stereocenters. The van der Waals surface area contributed by atoms with Gasteiger partial charge in [0.1, 0.15) is 10.7 Å². The predicted molar refractivity (Wildman–Crippen MR) is 123 cm³/mol. The van der Waals surface area contributed by atoms with Crippen LogP contribution in [0.15, 0.2) is 65.6 Å². The molecule has 10 heteroatoms. The molecule has 0 saturated carbocycles. The Bertz CT molecular complexity index is 1270. The van der Waals surface area contributed by atoms with Gasteiger partial charge in [-0.3, -0.25) is 4.79 Å². The van der Waals surface area contributed by atoms with E-state index in [4.69, 9.17) is 4.74 Å². The zero-order chi connectivity index (χ0) is 23.4. The average molecular weight is 489 g/mol. The Morgan fingerprint density at radius 3 is 2.48 bits per heavy atom. The maximum Gasteiger partial charge on any atom is 0.348 e. The lowest BCUT2D eigenvalue weighted by Gasteiger charge is -2.16. The van der Waals surface area contributed by atoms with Gasteiger partial charge in [0.15, 0.2) is 6.61 Å². The molecule has 1 aromatic heterocycles. The molecule has 4 rings (SSSR count). The molecule has 3 aromatic rings. The predicted octanol–water partition coefficient (Wildman–Crippen LogP) is 4.13. The fourth-order valence-electron chi connectivity index (χ4n) is 3.43. The van der Waals surface area contributed by atoms with Crippen molar-refractivity contribution in [3.8, 4) is 10.4 Å². The number of sulfonamides is 1. The molecule has 0 atom stereocenters. The van der Waals surface area contributed by atoms with Crippen molar-refractivity contribution in [2.24, 2.45) is 0 Å². The summed E-state index contributed by atoms with van der Waals surface area (Å²) in [5.41, 5.74) is 1.06. The summed E-state index contributed by atoms with van der Waals surface area (Å²) in [6, 6.07) is 15.2. The van der Waals surface area contributed by atoms with Crippen molar-refractivity contribution in [2.45, 2.75) is 17.7 Å². The number of hydrogen-bond donors (Lipinski definition) is 1. The van der Waals surface area contributed by atoms with E-state index in [1.54, 1.807) is 36.4 Å². The van der Waals surface area contributed by atoms with Gasteiger partial charge in [-0.25, -0.2) is 17.6 Å². The number of nitrogens with one attached hydrogen (secondary N) is 1. The molecule has 1 saturated heterocycles. The normalized spacial score (nSPS) is 14.2. The first-order valence-electron chi connectivity index (χ1n) is 10.3. The lowest BCUT2D eigenvalue weighted by Crippen LogP contribution is -2.28. The molecule has 1 fully saturated rings. The third kappa shape index (κ3) is 5.47. The summed E-state index contributed by atoms with van der Waals surface area (Å²) in [6.07, 6.45) is 1.66. The summed E-state index contributed by atoms with van der Waals surface area (Å²) in [4.78, 5) is 25.7. The number of amides is 1. The minimum absolute atomic E-state index is 0.103. The van der Waals surface area contributed by atoms with E-state index < -0.39 is 28.5 Å². The Labute approximate surface area is 194 Å². The van der Waals surface area contributed by atoms with Crippen LogP contribution in [0, 0.1) is 5.82 Å². The molecule has 1 aliphatic rings. The number of hydrogen-bond acceptors (Lipinski definition) is 6. The SMILES string of the molecule is O=C(COC(=O)c1ccc(-c2ccc(F)cc2)s1)Nc1cccc(S(=O)(=O)N2CCCC2)c1. The zero-order valence-electron chi connectivity index (χ0n) is 17.5. The minimum Gasteiger partial charge on any atom is -0.451 e. The van der Waals surface area contributed by atoms with Crippen molar-refractivity contribution in [3.63, 3.8) is 0 Å². The van der Waals surface area contributed by atoms with Crippen molar-refractivity contribution in [1.82, 2.24) is 4.31 Å². The van der Waals surface area contributed by atoms with Crippen LogP contribution < -0.4 is 5.32 Å². The number of thiophene rings is 1. The van der Waals surface area contributed by atoms with Gasteiger partial charge < -0.3 is 10.1 Å². The maximum atomic E-state index is 13.1. The Morgan fingerprint density at radius 1 is 1.03 bits per heavy atom. The van der Waals surface area contributed by atoms with Crippen LogP contribution in [0.3, 0.4) is 0 Å². The number of anilines is 1. The highest BCUT2D eigenvalue weighted by atomic mass is 32.2. The van der Waals surface area contributed by atoms with Crippen LogP contribution in [0.2, 0.25) is 0 Å². The van der Waals surface area contributed by atoms with Crippen LogP contribution in [-0.2, 0) is 19.6 Å². The molecule has 172 valence electrons. The highest BCUT2D eigenvalue weighted by molar-refractivity contribution is 7.89. The highest BCUT2D eigenvalue weighted by Gasteiger charge is 2.27. The Morgan fingerprint density at radius 2 is 1.76 bits per heavy atom. The lowest BCUT2D eigenvalue weighted by atomic mass is 10.2. The standard InChI is InChI=1S/C23H21FN2O5S2/c24-17-8-6-16(7-9-17)20-10-11-21(32-20)23(28)31-15-22(27)25-18-4-3-5-19(14-18)33(29,30)26-12-1-2-13-26/h3-11,14H,1-2,12-13,15H2,(H,25,27). The second-order valence-electron chi connectivity index (χ2n) is 7.43. The van der Waals surface area contributed by atoms with E-state index in [0.29, 0.717) is 23.7 Å². The first-order valence-corrected chi connectivity index (χ1v) is 12.5. The molecule has 0 radical (unpaired) electrons. The molecular weight excluding hydrogens is 467 g/mol. The van der Waals surface area contributed by atoms with Crippen LogP contribution in [0.25, 0.3) is 10.4 Å². The van der Waals surface area contributed by atoms with E-state index >= 15 is 0 Å². The van der Waals surface area contributed by atoms with Crippen LogP contribution in [-0.4, -0.2) is 44.3 Å². The molecule has 1 N–H and O–H groups in total. The number of rotatable bonds is 7. The van der Waals surface area contributed by atoms with Crippen molar-refractivity contribution >= 4 is 38.9 Å². The summed E-state index contributed by atoms with van der Waals surface area (Å²) >= 11 is 1.17. The number of benzene rings is 2. The number of carbonyl (C=O) groups is 2. The molecule has 1 amide bonds. The molecule has 7 nitrogen and oxygen atoms in total. The number of ether oxygens (including phenoxy) is 1. The van der Waals surface area contributed by atoms with Crippen LogP contribution >= 0.6 is 11.3 Å². The average Bonchev–Trinajstić information content (AvgIpc) is 3.51.